The maximum atomic E-state index is 11.5. The number of hydrogen-bond donors (Lipinski definition) is 1. The first kappa shape index (κ1) is 10.8. The number of Topliss-reactive ketones (excluding diaryl/α,β-unsaturated/α-hetero) is 1. The Kier molecular flexibility index (Phi) is 2.66. The van der Waals surface area contributed by atoms with Crippen LogP contribution in [0.15, 0.2) is 23.2 Å². The van der Waals surface area contributed by atoms with Gasteiger partial charge in [0.15, 0.2) is 5.76 Å². The van der Waals surface area contributed by atoms with Crippen molar-refractivity contribution in [2.24, 2.45) is 0 Å². The van der Waals surface area contributed by atoms with E-state index in [1.807, 2.05) is 0 Å². The van der Waals surface area contributed by atoms with E-state index in [9.17, 15) is 9.90 Å². The molecule has 1 aliphatic rings. The summed E-state index contributed by atoms with van der Waals surface area (Å²) in [7, 11) is 2.76. The largest absolute Gasteiger partial charge is 0.493 e. The van der Waals surface area contributed by atoms with Gasteiger partial charge in [0.25, 0.3) is 0 Å². The minimum atomic E-state index is -1.63. The van der Waals surface area contributed by atoms with Crippen LogP contribution in [0.3, 0.4) is 0 Å². The highest BCUT2D eigenvalue weighted by molar-refractivity contribution is 6.11. The lowest BCUT2D eigenvalue weighted by Crippen LogP contribution is -2.50. The van der Waals surface area contributed by atoms with E-state index in [4.69, 9.17) is 9.47 Å². The Balaban J connectivity index is 3.12. The number of ketones is 1. The van der Waals surface area contributed by atoms with Crippen LogP contribution in [0.5, 0.6) is 0 Å². The molecule has 1 unspecified atom stereocenters. The van der Waals surface area contributed by atoms with Gasteiger partial charge in [-0.2, -0.15) is 0 Å². The van der Waals surface area contributed by atoms with Crippen molar-refractivity contribution in [3.63, 3.8) is 0 Å². The lowest BCUT2D eigenvalue weighted by atomic mass is 9.81. The molecule has 0 saturated heterocycles. The molecule has 0 heterocycles. The fraction of sp³-hybridized carbons (Fsp3) is 0.500. The molecule has 0 aromatic rings. The standard InChI is InChI=1S/C10H14O4/c1-6(2)5-10(12)8(11)7(13-3)9(10)14-4/h5,12H,1-4H3. The van der Waals surface area contributed by atoms with E-state index in [0.29, 0.717) is 0 Å². The summed E-state index contributed by atoms with van der Waals surface area (Å²) in [5, 5.41) is 9.92. The number of carbonyl (C=O) groups excluding carboxylic acids is 1. The number of ether oxygens (including phenoxy) is 2. The van der Waals surface area contributed by atoms with Gasteiger partial charge in [-0.05, 0) is 19.9 Å². The van der Waals surface area contributed by atoms with E-state index in [1.165, 1.54) is 20.3 Å². The Bertz CT molecular complexity index is 323. The Labute approximate surface area is 82.8 Å². The molecule has 1 aliphatic carbocycles. The predicted molar refractivity (Wildman–Crippen MR) is 50.4 cm³/mol. The van der Waals surface area contributed by atoms with Gasteiger partial charge in [-0.15, -0.1) is 0 Å². The molecule has 0 saturated carbocycles. The van der Waals surface area contributed by atoms with Crippen LogP contribution in [-0.4, -0.2) is 30.7 Å². The molecule has 0 spiro atoms. The second kappa shape index (κ2) is 3.46. The monoisotopic (exact) mass is 198 g/mol. The summed E-state index contributed by atoms with van der Waals surface area (Å²) in [6.07, 6.45) is 1.46. The van der Waals surface area contributed by atoms with Gasteiger partial charge in [-0.25, -0.2) is 0 Å². The molecule has 0 radical (unpaired) electrons. The molecule has 78 valence electrons. The van der Waals surface area contributed by atoms with Crippen LogP contribution in [0.25, 0.3) is 0 Å². The molecule has 0 aliphatic heterocycles. The van der Waals surface area contributed by atoms with Gasteiger partial charge in [-0.3, -0.25) is 4.79 Å². The highest BCUT2D eigenvalue weighted by Crippen LogP contribution is 2.37. The Hall–Kier alpha value is -1.29. The maximum absolute atomic E-state index is 11.5. The molecule has 1 atom stereocenters. The van der Waals surface area contributed by atoms with Crippen LogP contribution in [0, 0.1) is 0 Å². The van der Waals surface area contributed by atoms with Crippen LogP contribution < -0.4 is 0 Å². The van der Waals surface area contributed by atoms with E-state index in [2.05, 4.69) is 0 Å². The van der Waals surface area contributed by atoms with Crippen LogP contribution in [0.2, 0.25) is 0 Å². The molecule has 0 bridgehead atoms. The lowest BCUT2D eigenvalue weighted by molar-refractivity contribution is -0.139. The first-order valence-electron chi connectivity index (χ1n) is 4.23. The highest BCUT2D eigenvalue weighted by Gasteiger charge is 2.54. The number of hydrogen-bond acceptors (Lipinski definition) is 4. The van der Waals surface area contributed by atoms with Crippen molar-refractivity contribution in [1.29, 1.82) is 0 Å². The summed E-state index contributed by atoms with van der Waals surface area (Å²) in [6, 6.07) is 0. The lowest BCUT2D eigenvalue weighted by Gasteiger charge is -2.34. The number of methoxy groups -OCH3 is 2. The zero-order valence-electron chi connectivity index (χ0n) is 8.75. The zero-order valence-corrected chi connectivity index (χ0v) is 8.75. The Morgan fingerprint density at radius 2 is 1.93 bits per heavy atom. The average molecular weight is 198 g/mol. The molecule has 0 aromatic heterocycles. The minimum absolute atomic E-state index is 0.0903. The molecular weight excluding hydrogens is 184 g/mol. The molecule has 1 rings (SSSR count). The van der Waals surface area contributed by atoms with Crippen molar-refractivity contribution in [3.05, 3.63) is 23.2 Å². The molecular formula is C10H14O4. The van der Waals surface area contributed by atoms with Gasteiger partial charge >= 0.3 is 0 Å². The molecule has 0 fully saturated rings. The SMILES string of the molecule is COC1=C(OC)C(O)(C=C(C)C)C1=O. The second-order valence-electron chi connectivity index (χ2n) is 3.38. The maximum Gasteiger partial charge on any atom is 0.244 e. The van der Waals surface area contributed by atoms with Crippen molar-refractivity contribution >= 4 is 5.78 Å². The van der Waals surface area contributed by atoms with Crippen molar-refractivity contribution in [1.82, 2.24) is 0 Å². The van der Waals surface area contributed by atoms with Gasteiger partial charge in [-0.1, -0.05) is 5.57 Å². The normalized spacial score (nSPS) is 25.6. The van der Waals surface area contributed by atoms with Gasteiger partial charge in [0.1, 0.15) is 0 Å². The smallest absolute Gasteiger partial charge is 0.244 e. The van der Waals surface area contributed by atoms with Crippen LogP contribution >= 0.6 is 0 Å². The first-order valence-corrected chi connectivity index (χ1v) is 4.23. The van der Waals surface area contributed by atoms with Gasteiger partial charge in [0.2, 0.25) is 17.1 Å². The molecule has 1 N–H and O–H groups in total. The fourth-order valence-electron chi connectivity index (χ4n) is 1.47. The predicted octanol–water partition coefficient (Wildman–Crippen LogP) is 0.771. The van der Waals surface area contributed by atoms with E-state index < -0.39 is 11.4 Å². The number of carbonyl (C=O) groups is 1. The zero-order chi connectivity index (χ0) is 10.9. The fourth-order valence-corrected chi connectivity index (χ4v) is 1.47. The van der Waals surface area contributed by atoms with Crippen LogP contribution in [-0.2, 0) is 14.3 Å². The average Bonchev–Trinajstić information content (AvgIpc) is 2.11. The van der Waals surface area contributed by atoms with E-state index >= 15 is 0 Å². The molecule has 4 nitrogen and oxygen atoms in total. The van der Waals surface area contributed by atoms with Crippen molar-refractivity contribution in [2.75, 3.05) is 14.2 Å². The van der Waals surface area contributed by atoms with Gasteiger partial charge in [0.05, 0.1) is 14.2 Å². The first-order chi connectivity index (χ1) is 6.47. The molecule has 0 amide bonds. The van der Waals surface area contributed by atoms with Crippen LogP contribution in [0.4, 0.5) is 0 Å². The van der Waals surface area contributed by atoms with E-state index in [0.717, 1.165) is 5.57 Å². The third-order valence-corrected chi connectivity index (χ3v) is 2.01. The Morgan fingerprint density at radius 1 is 1.36 bits per heavy atom. The number of rotatable bonds is 3. The molecule has 4 heteroatoms. The van der Waals surface area contributed by atoms with Gasteiger partial charge < -0.3 is 14.6 Å². The molecule has 14 heavy (non-hydrogen) atoms. The summed E-state index contributed by atoms with van der Waals surface area (Å²) < 4.78 is 9.71. The number of aliphatic hydroxyl groups is 1. The summed E-state index contributed by atoms with van der Waals surface area (Å²) in [5.74, 6) is -0.197. The van der Waals surface area contributed by atoms with Crippen molar-refractivity contribution in [2.45, 2.75) is 19.4 Å². The quantitative estimate of drug-likeness (QED) is 0.680. The second-order valence-corrected chi connectivity index (χ2v) is 3.38. The summed E-state index contributed by atoms with van der Waals surface area (Å²) >= 11 is 0. The number of allylic oxidation sites excluding steroid dienone is 1. The molecule has 0 aromatic carbocycles. The summed E-state index contributed by atoms with van der Waals surface area (Å²) in [6.45, 7) is 3.59. The van der Waals surface area contributed by atoms with Crippen molar-refractivity contribution in [3.8, 4) is 0 Å². The third-order valence-electron chi connectivity index (χ3n) is 2.01. The third kappa shape index (κ3) is 1.32. The van der Waals surface area contributed by atoms with Crippen molar-refractivity contribution < 1.29 is 19.4 Å². The highest BCUT2D eigenvalue weighted by atomic mass is 16.5. The van der Waals surface area contributed by atoms with E-state index in [-0.39, 0.29) is 11.5 Å². The minimum Gasteiger partial charge on any atom is -0.493 e. The Morgan fingerprint density at radius 3 is 2.29 bits per heavy atom. The van der Waals surface area contributed by atoms with Gasteiger partial charge in [0, 0.05) is 0 Å². The summed E-state index contributed by atoms with van der Waals surface area (Å²) in [4.78, 5) is 11.5. The van der Waals surface area contributed by atoms with E-state index in [1.54, 1.807) is 13.8 Å². The van der Waals surface area contributed by atoms with Crippen LogP contribution in [0.1, 0.15) is 13.8 Å². The topological polar surface area (TPSA) is 55.8 Å². The summed E-state index contributed by atoms with van der Waals surface area (Å²) in [5.41, 5.74) is -0.788.